The molecule has 0 saturated carbocycles. The van der Waals surface area contributed by atoms with Crippen LogP contribution in [0.5, 0.6) is 0 Å². The lowest BCUT2D eigenvalue weighted by Gasteiger charge is -2.40. The number of hydrogen-bond donors (Lipinski definition) is 0. The quantitative estimate of drug-likeness (QED) is 0.117. The summed E-state index contributed by atoms with van der Waals surface area (Å²) in [5.74, 6) is 0.0821. The van der Waals surface area contributed by atoms with Gasteiger partial charge in [0, 0.05) is 19.5 Å². The van der Waals surface area contributed by atoms with Gasteiger partial charge in [-0.25, -0.2) is 0 Å². The van der Waals surface area contributed by atoms with Gasteiger partial charge in [0.25, 0.3) is 0 Å². The van der Waals surface area contributed by atoms with Crippen LogP contribution in [0.15, 0.2) is 42.5 Å². The van der Waals surface area contributed by atoms with Crippen molar-refractivity contribution in [1.82, 2.24) is 4.90 Å². The van der Waals surface area contributed by atoms with E-state index in [9.17, 15) is 9.59 Å². The number of rotatable bonds is 18. The SMILES string of the molecule is CCCCCCCC/C=C\CCCCCCCC(=O)N1CCC(C(=O)OCC)(c2ccccc2)CC1. The molecule has 1 fully saturated rings. The van der Waals surface area contributed by atoms with Gasteiger partial charge in [0.2, 0.25) is 5.91 Å². The lowest BCUT2D eigenvalue weighted by atomic mass is 9.72. The highest BCUT2D eigenvalue weighted by atomic mass is 16.5. The van der Waals surface area contributed by atoms with Crippen LogP contribution in [0.2, 0.25) is 0 Å². The van der Waals surface area contributed by atoms with Crippen LogP contribution < -0.4 is 0 Å². The molecule has 1 heterocycles. The van der Waals surface area contributed by atoms with E-state index in [0.29, 0.717) is 39.0 Å². The normalized spacial score (nSPS) is 15.3. The van der Waals surface area contributed by atoms with Gasteiger partial charge in [0.15, 0.2) is 0 Å². The molecular weight excluding hydrogens is 446 g/mol. The second-order valence-electron chi connectivity index (χ2n) is 10.4. The highest BCUT2D eigenvalue weighted by Crippen LogP contribution is 2.37. The second kappa shape index (κ2) is 18.2. The van der Waals surface area contributed by atoms with Gasteiger partial charge in [0.05, 0.1) is 12.0 Å². The zero-order valence-corrected chi connectivity index (χ0v) is 23.1. The van der Waals surface area contributed by atoms with Crippen LogP contribution in [0, 0.1) is 0 Å². The number of ether oxygens (including phenoxy) is 1. The van der Waals surface area contributed by atoms with Crippen molar-refractivity contribution in [3.8, 4) is 0 Å². The number of benzene rings is 1. The van der Waals surface area contributed by atoms with Crippen LogP contribution in [0.3, 0.4) is 0 Å². The molecule has 4 heteroatoms. The van der Waals surface area contributed by atoms with E-state index in [-0.39, 0.29) is 11.9 Å². The molecule has 0 unspecified atom stereocenters. The third kappa shape index (κ3) is 10.5. The molecule has 1 aromatic rings. The van der Waals surface area contributed by atoms with Crippen LogP contribution in [0.4, 0.5) is 0 Å². The Bertz CT molecular complexity index is 750. The number of nitrogens with zero attached hydrogens (tertiary/aromatic N) is 1. The van der Waals surface area contributed by atoms with Crippen LogP contribution in [-0.2, 0) is 19.7 Å². The van der Waals surface area contributed by atoms with E-state index in [0.717, 1.165) is 18.4 Å². The molecule has 0 aliphatic carbocycles. The standard InChI is InChI=1S/C32H51NO3/c1-3-5-6-7-8-9-10-11-12-13-14-15-16-17-21-24-30(34)33-27-25-32(26-28-33,31(35)36-4-2)29-22-19-18-20-23-29/h11-12,18-20,22-23H,3-10,13-17,21,24-28H2,1-2H3/b12-11-. The van der Waals surface area contributed by atoms with Crippen molar-refractivity contribution in [1.29, 1.82) is 0 Å². The summed E-state index contributed by atoms with van der Waals surface area (Å²) < 4.78 is 5.45. The van der Waals surface area contributed by atoms with Gasteiger partial charge in [-0.3, -0.25) is 9.59 Å². The molecule has 1 aromatic carbocycles. The Morgan fingerprint density at radius 1 is 0.806 bits per heavy atom. The van der Waals surface area contributed by atoms with Crippen LogP contribution in [-0.4, -0.2) is 36.5 Å². The first-order valence-electron chi connectivity index (χ1n) is 14.8. The molecule has 0 atom stereocenters. The number of allylic oxidation sites excluding steroid dienone is 2. The van der Waals surface area contributed by atoms with Gasteiger partial charge in [-0.2, -0.15) is 0 Å². The van der Waals surface area contributed by atoms with E-state index in [1.54, 1.807) is 0 Å². The van der Waals surface area contributed by atoms with Crippen molar-refractivity contribution in [2.75, 3.05) is 19.7 Å². The lowest BCUT2D eigenvalue weighted by molar-refractivity contribution is -0.154. The molecule has 4 nitrogen and oxygen atoms in total. The highest BCUT2D eigenvalue weighted by molar-refractivity contribution is 5.84. The molecule has 0 bridgehead atoms. The average Bonchev–Trinajstić information content (AvgIpc) is 2.91. The molecule has 1 amide bonds. The second-order valence-corrected chi connectivity index (χ2v) is 10.4. The number of piperidine rings is 1. The van der Waals surface area contributed by atoms with Crippen molar-refractivity contribution < 1.29 is 14.3 Å². The van der Waals surface area contributed by atoms with E-state index in [4.69, 9.17) is 4.74 Å². The fourth-order valence-electron chi connectivity index (χ4n) is 5.28. The Morgan fingerprint density at radius 3 is 1.94 bits per heavy atom. The molecule has 202 valence electrons. The topological polar surface area (TPSA) is 46.6 Å². The first kappa shape index (κ1) is 30.1. The molecule has 0 radical (unpaired) electrons. The fraction of sp³-hybridized carbons (Fsp3) is 0.688. The van der Waals surface area contributed by atoms with Gasteiger partial charge in [0.1, 0.15) is 0 Å². The summed E-state index contributed by atoms with van der Waals surface area (Å²) in [5, 5.41) is 0. The molecule has 0 aromatic heterocycles. The smallest absolute Gasteiger partial charge is 0.316 e. The Labute approximate surface area is 220 Å². The van der Waals surface area contributed by atoms with Gasteiger partial charge >= 0.3 is 5.97 Å². The van der Waals surface area contributed by atoms with Gasteiger partial charge < -0.3 is 9.64 Å². The lowest BCUT2D eigenvalue weighted by Crippen LogP contribution is -2.49. The van der Waals surface area contributed by atoms with Crippen LogP contribution in [0.1, 0.15) is 122 Å². The number of esters is 1. The number of carbonyl (C=O) groups excluding carboxylic acids is 2. The Kier molecular flexibility index (Phi) is 15.2. The van der Waals surface area contributed by atoms with Gasteiger partial charge in [-0.15, -0.1) is 0 Å². The minimum absolute atomic E-state index is 0.152. The molecule has 0 N–H and O–H groups in total. The molecular formula is C32H51NO3. The summed E-state index contributed by atoms with van der Waals surface area (Å²) >= 11 is 0. The summed E-state index contributed by atoms with van der Waals surface area (Å²) in [6, 6.07) is 9.94. The van der Waals surface area contributed by atoms with E-state index >= 15 is 0 Å². The van der Waals surface area contributed by atoms with Crippen molar-refractivity contribution in [2.45, 2.75) is 122 Å². The number of unbranched alkanes of at least 4 members (excludes halogenated alkanes) is 11. The Morgan fingerprint density at radius 2 is 1.36 bits per heavy atom. The van der Waals surface area contributed by atoms with Crippen molar-refractivity contribution >= 4 is 11.9 Å². The maximum atomic E-state index is 12.9. The number of amides is 1. The zero-order chi connectivity index (χ0) is 25.9. The van der Waals surface area contributed by atoms with E-state index in [2.05, 4.69) is 19.1 Å². The Balaban J connectivity index is 1.56. The first-order valence-corrected chi connectivity index (χ1v) is 14.8. The maximum absolute atomic E-state index is 12.9. The largest absolute Gasteiger partial charge is 0.465 e. The predicted octanol–water partition coefficient (Wildman–Crippen LogP) is 8.15. The highest BCUT2D eigenvalue weighted by Gasteiger charge is 2.44. The summed E-state index contributed by atoms with van der Waals surface area (Å²) in [7, 11) is 0. The number of likely N-dealkylation sites (tertiary alicyclic amines) is 1. The van der Waals surface area contributed by atoms with Crippen molar-refractivity contribution in [3.05, 3.63) is 48.0 Å². The van der Waals surface area contributed by atoms with Crippen molar-refractivity contribution in [2.24, 2.45) is 0 Å². The third-order valence-electron chi connectivity index (χ3n) is 7.61. The zero-order valence-electron chi connectivity index (χ0n) is 23.1. The first-order chi connectivity index (χ1) is 17.6. The summed E-state index contributed by atoms with van der Waals surface area (Å²) in [6.45, 7) is 5.74. The average molecular weight is 498 g/mol. The molecule has 2 rings (SSSR count). The van der Waals surface area contributed by atoms with Crippen molar-refractivity contribution in [3.63, 3.8) is 0 Å². The minimum Gasteiger partial charge on any atom is -0.465 e. The minimum atomic E-state index is -0.628. The molecule has 1 aliphatic heterocycles. The summed E-state index contributed by atoms with van der Waals surface area (Å²) in [6.07, 6.45) is 23.0. The third-order valence-corrected chi connectivity index (χ3v) is 7.61. The Hall–Kier alpha value is -2.10. The summed E-state index contributed by atoms with van der Waals surface area (Å²) in [5.41, 5.74) is 0.379. The van der Waals surface area contributed by atoms with E-state index in [1.165, 1.54) is 70.6 Å². The van der Waals surface area contributed by atoms with E-state index in [1.807, 2.05) is 42.2 Å². The predicted molar refractivity (Wildman–Crippen MR) is 150 cm³/mol. The number of hydrogen-bond acceptors (Lipinski definition) is 3. The molecule has 0 spiro atoms. The van der Waals surface area contributed by atoms with Gasteiger partial charge in [-0.05, 0) is 57.4 Å². The number of carbonyl (C=O) groups is 2. The van der Waals surface area contributed by atoms with Crippen LogP contribution in [0.25, 0.3) is 0 Å². The molecule has 1 saturated heterocycles. The maximum Gasteiger partial charge on any atom is 0.316 e. The van der Waals surface area contributed by atoms with E-state index < -0.39 is 5.41 Å². The molecule has 1 aliphatic rings. The summed E-state index contributed by atoms with van der Waals surface area (Å²) in [4.78, 5) is 27.6. The molecule has 36 heavy (non-hydrogen) atoms. The monoisotopic (exact) mass is 497 g/mol. The van der Waals surface area contributed by atoms with Crippen LogP contribution >= 0.6 is 0 Å². The van der Waals surface area contributed by atoms with Gasteiger partial charge in [-0.1, -0.05) is 101 Å². The fourth-order valence-corrected chi connectivity index (χ4v) is 5.28.